The van der Waals surface area contributed by atoms with Crippen molar-refractivity contribution in [2.24, 2.45) is 0 Å². The standard InChI is InChI=1S/C15H16N2O3S/c1-3-11-7-8-12(21-11)9-16-15(18)13-5-4-6-14(10(13)2)17(19)20/h4-8H,3,9H2,1-2H3,(H,16,18). The van der Waals surface area contributed by atoms with Gasteiger partial charge in [0.1, 0.15) is 0 Å². The Morgan fingerprint density at radius 1 is 1.29 bits per heavy atom. The summed E-state index contributed by atoms with van der Waals surface area (Å²) in [5.74, 6) is -0.289. The van der Waals surface area contributed by atoms with E-state index in [4.69, 9.17) is 0 Å². The normalized spacial score (nSPS) is 10.4. The molecule has 2 rings (SSSR count). The number of thiophene rings is 1. The van der Waals surface area contributed by atoms with E-state index in [-0.39, 0.29) is 11.6 Å². The van der Waals surface area contributed by atoms with Gasteiger partial charge in [-0.2, -0.15) is 0 Å². The van der Waals surface area contributed by atoms with Crippen LogP contribution in [0.15, 0.2) is 30.3 Å². The van der Waals surface area contributed by atoms with E-state index >= 15 is 0 Å². The van der Waals surface area contributed by atoms with Crippen LogP contribution in [0.1, 0.15) is 32.6 Å². The molecule has 0 aliphatic carbocycles. The van der Waals surface area contributed by atoms with E-state index in [1.807, 2.05) is 12.1 Å². The third-order valence-electron chi connectivity index (χ3n) is 3.24. The fourth-order valence-electron chi connectivity index (χ4n) is 2.04. The molecule has 0 bridgehead atoms. The van der Waals surface area contributed by atoms with Crippen LogP contribution < -0.4 is 5.32 Å². The summed E-state index contributed by atoms with van der Waals surface area (Å²) in [7, 11) is 0. The number of rotatable bonds is 5. The van der Waals surface area contributed by atoms with Crippen LogP contribution in [-0.4, -0.2) is 10.8 Å². The van der Waals surface area contributed by atoms with Crippen LogP contribution in [0.4, 0.5) is 5.69 Å². The lowest BCUT2D eigenvalue weighted by atomic mass is 10.1. The average Bonchev–Trinajstić information content (AvgIpc) is 2.92. The molecule has 0 aliphatic heterocycles. The van der Waals surface area contributed by atoms with Crippen molar-refractivity contribution in [1.29, 1.82) is 0 Å². The van der Waals surface area contributed by atoms with E-state index < -0.39 is 4.92 Å². The number of carbonyl (C=O) groups excluding carboxylic acids is 1. The molecule has 1 aromatic carbocycles. The smallest absolute Gasteiger partial charge is 0.273 e. The number of nitro benzene ring substituents is 1. The second-order valence-electron chi connectivity index (χ2n) is 4.61. The fraction of sp³-hybridized carbons (Fsp3) is 0.267. The van der Waals surface area contributed by atoms with E-state index in [0.717, 1.165) is 11.3 Å². The molecule has 0 saturated heterocycles. The Morgan fingerprint density at radius 3 is 2.62 bits per heavy atom. The Kier molecular flexibility index (Phi) is 4.70. The number of nitrogens with one attached hydrogen (secondary N) is 1. The lowest BCUT2D eigenvalue weighted by molar-refractivity contribution is -0.385. The number of nitrogens with zero attached hydrogens (tertiary/aromatic N) is 1. The second kappa shape index (κ2) is 6.49. The first kappa shape index (κ1) is 15.2. The van der Waals surface area contributed by atoms with Crippen LogP contribution in [0.5, 0.6) is 0 Å². The molecule has 6 heteroatoms. The lowest BCUT2D eigenvalue weighted by Crippen LogP contribution is -2.23. The van der Waals surface area contributed by atoms with Crippen molar-refractivity contribution in [3.8, 4) is 0 Å². The molecule has 0 atom stereocenters. The molecular formula is C15H16N2O3S. The summed E-state index contributed by atoms with van der Waals surface area (Å²) >= 11 is 1.66. The highest BCUT2D eigenvalue weighted by atomic mass is 32.1. The zero-order chi connectivity index (χ0) is 15.4. The summed E-state index contributed by atoms with van der Waals surface area (Å²) in [6, 6.07) is 8.57. The Labute approximate surface area is 126 Å². The first-order valence-electron chi connectivity index (χ1n) is 6.62. The van der Waals surface area contributed by atoms with E-state index in [1.54, 1.807) is 24.3 Å². The molecule has 1 aromatic heterocycles. The van der Waals surface area contributed by atoms with Crippen molar-refractivity contribution in [3.63, 3.8) is 0 Å². The maximum atomic E-state index is 12.2. The number of hydrogen-bond acceptors (Lipinski definition) is 4. The van der Waals surface area contributed by atoms with Gasteiger partial charge >= 0.3 is 0 Å². The number of benzene rings is 1. The minimum absolute atomic E-state index is 0.0351. The number of carbonyl (C=O) groups is 1. The number of nitro groups is 1. The Balaban J connectivity index is 2.10. The van der Waals surface area contributed by atoms with Gasteiger partial charge < -0.3 is 5.32 Å². The maximum absolute atomic E-state index is 12.2. The van der Waals surface area contributed by atoms with Crippen molar-refractivity contribution in [2.75, 3.05) is 0 Å². The topological polar surface area (TPSA) is 72.2 Å². The molecular weight excluding hydrogens is 288 g/mol. The number of amides is 1. The third kappa shape index (κ3) is 3.46. The molecule has 0 fully saturated rings. The van der Waals surface area contributed by atoms with Gasteiger partial charge in [-0.1, -0.05) is 13.0 Å². The molecule has 1 heterocycles. The van der Waals surface area contributed by atoms with Crippen LogP contribution in [-0.2, 0) is 13.0 Å². The SMILES string of the molecule is CCc1ccc(CNC(=O)c2cccc([N+](=O)[O-])c2C)s1. The van der Waals surface area contributed by atoms with Gasteiger partial charge in [0.15, 0.2) is 0 Å². The van der Waals surface area contributed by atoms with E-state index in [1.165, 1.54) is 17.0 Å². The van der Waals surface area contributed by atoms with Crippen molar-refractivity contribution in [1.82, 2.24) is 5.32 Å². The summed E-state index contributed by atoms with van der Waals surface area (Å²) in [5.41, 5.74) is 0.698. The van der Waals surface area contributed by atoms with Gasteiger partial charge in [-0.3, -0.25) is 14.9 Å². The molecule has 0 saturated carbocycles. The van der Waals surface area contributed by atoms with Gasteiger partial charge in [-0.15, -0.1) is 11.3 Å². The van der Waals surface area contributed by atoms with E-state index in [0.29, 0.717) is 17.7 Å². The highest BCUT2D eigenvalue weighted by molar-refractivity contribution is 7.11. The molecule has 0 unspecified atom stereocenters. The maximum Gasteiger partial charge on any atom is 0.273 e. The molecule has 5 nitrogen and oxygen atoms in total. The number of hydrogen-bond donors (Lipinski definition) is 1. The monoisotopic (exact) mass is 304 g/mol. The van der Waals surface area contributed by atoms with Crippen molar-refractivity contribution < 1.29 is 9.72 Å². The summed E-state index contributed by atoms with van der Waals surface area (Å²) in [5, 5.41) is 13.7. The molecule has 1 amide bonds. The van der Waals surface area contributed by atoms with E-state index in [9.17, 15) is 14.9 Å². The van der Waals surface area contributed by atoms with Crippen molar-refractivity contribution in [2.45, 2.75) is 26.8 Å². The van der Waals surface area contributed by atoms with Crippen molar-refractivity contribution >= 4 is 22.9 Å². The molecule has 21 heavy (non-hydrogen) atoms. The van der Waals surface area contributed by atoms with Gasteiger partial charge in [0, 0.05) is 26.9 Å². The largest absolute Gasteiger partial charge is 0.347 e. The van der Waals surface area contributed by atoms with Crippen LogP contribution in [0, 0.1) is 17.0 Å². The zero-order valence-corrected chi connectivity index (χ0v) is 12.7. The Morgan fingerprint density at radius 2 is 2.00 bits per heavy atom. The van der Waals surface area contributed by atoms with E-state index in [2.05, 4.69) is 12.2 Å². The highest BCUT2D eigenvalue weighted by Gasteiger charge is 2.17. The molecule has 110 valence electrons. The Hall–Kier alpha value is -2.21. The first-order valence-corrected chi connectivity index (χ1v) is 7.44. The van der Waals surface area contributed by atoms with Crippen LogP contribution in [0.25, 0.3) is 0 Å². The minimum Gasteiger partial charge on any atom is -0.347 e. The Bertz CT molecular complexity index is 679. The lowest BCUT2D eigenvalue weighted by Gasteiger charge is -2.07. The van der Waals surface area contributed by atoms with Gasteiger partial charge in [0.25, 0.3) is 11.6 Å². The average molecular weight is 304 g/mol. The summed E-state index contributed by atoms with van der Waals surface area (Å²) in [4.78, 5) is 24.9. The molecule has 0 spiro atoms. The first-order chi connectivity index (χ1) is 10.0. The van der Waals surface area contributed by atoms with Crippen LogP contribution in [0.2, 0.25) is 0 Å². The summed E-state index contributed by atoms with van der Waals surface area (Å²) in [6.45, 7) is 4.11. The predicted octanol–water partition coefficient (Wildman–Crippen LogP) is 3.46. The molecule has 1 N–H and O–H groups in total. The fourth-order valence-corrected chi connectivity index (χ4v) is 2.93. The quantitative estimate of drug-likeness (QED) is 0.679. The molecule has 0 aliphatic rings. The van der Waals surface area contributed by atoms with Gasteiger partial charge in [0.05, 0.1) is 11.5 Å². The number of aryl methyl sites for hydroxylation is 1. The predicted molar refractivity (Wildman–Crippen MR) is 82.7 cm³/mol. The van der Waals surface area contributed by atoms with Crippen LogP contribution in [0.3, 0.4) is 0 Å². The van der Waals surface area contributed by atoms with Crippen molar-refractivity contribution in [3.05, 3.63) is 61.3 Å². The highest BCUT2D eigenvalue weighted by Crippen LogP contribution is 2.21. The minimum atomic E-state index is -0.473. The van der Waals surface area contributed by atoms with Gasteiger partial charge in [-0.25, -0.2) is 0 Å². The van der Waals surface area contributed by atoms with Gasteiger partial charge in [-0.05, 0) is 31.5 Å². The second-order valence-corrected chi connectivity index (χ2v) is 5.86. The third-order valence-corrected chi connectivity index (χ3v) is 4.47. The molecule has 2 aromatic rings. The van der Waals surface area contributed by atoms with Gasteiger partial charge in [0.2, 0.25) is 0 Å². The van der Waals surface area contributed by atoms with Crippen LogP contribution >= 0.6 is 11.3 Å². The molecule has 0 radical (unpaired) electrons. The summed E-state index contributed by atoms with van der Waals surface area (Å²) in [6.07, 6.45) is 0.975. The zero-order valence-electron chi connectivity index (χ0n) is 11.9. The summed E-state index contributed by atoms with van der Waals surface area (Å²) < 4.78 is 0.